The van der Waals surface area contributed by atoms with Crippen molar-refractivity contribution in [3.8, 4) is 0 Å². The summed E-state index contributed by atoms with van der Waals surface area (Å²) in [5.74, 6) is 0.334. The van der Waals surface area contributed by atoms with Gasteiger partial charge in [-0.3, -0.25) is 5.41 Å². The summed E-state index contributed by atoms with van der Waals surface area (Å²) in [6.07, 6.45) is 8.46. The Balaban J connectivity index is 2.15. The van der Waals surface area contributed by atoms with Gasteiger partial charge in [-0.1, -0.05) is 13.3 Å². The van der Waals surface area contributed by atoms with Gasteiger partial charge in [-0.2, -0.15) is 0 Å². The number of hydrogen-bond donors (Lipinski definition) is 2. The first-order valence-corrected chi connectivity index (χ1v) is 6.31. The number of hydrogen-bond acceptors (Lipinski definition) is 2. The number of nitrogens with one attached hydrogen (secondary N) is 1. The first-order chi connectivity index (χ1) is 7.24. The Bertz CT molecular complexity index is 191. The van der Waals surface area contributed by atoms with Crippen molar-refractivity contribution in [1.29, 1.82) is 5.41 Å². The summed E-state index contributed by atoms with van der Waals surface area (Å²) in [6.45, 7) is 4.77. The van der Waals surface area contributed by atoms with Gasteiger partial charge in [0, 0.05) is 12.5 Å². The summed E-state index contributed by atoms with van der Waals surface area (Å²) >= 11 is 0. The second-order valence-corrected chi connectivity index (χ2v) is 4.58. The van der Waals surface area contributed by atoms with Crippen LogP contribution in [-0.2, 0) is 0 Å². The molecule has 3 heteroatoms. The Labute approximate surface area is 93.5 Å². The number of piperidine rings is 1. The van der Waals surface area contributed by atoms with Gasteiger partial charge in [0.25, 0.3) is 0 Å². The van der Waals surface area contributed by atoms with E-state index in [1.54, 1.807) is 0 Å². The van der Waals surface area contributed by atoms with Crippen LogP contribution in [0.15, 0.2) is 0 Å². The fraction of sp³-hybridized carbons (Fsp3) is 0.917. The molecule has 0 aromatic heterocycles. The highest BCUT2D eigenvalue weighted by molar-refractivity contribution is 5.76. The Kier molecular flexibility index (Phi) is 5.69. The van der Waals surface area contributed by atoms with Crippen LogP contribution >= 0.6 is 0 Å². The fourth-order valence-corrected chi connectivity index (χ4v) is 2.45. The van der Waals surface area contributed by atoms with Crippen molar-refractivity contribution < 1.29 is 0 Å². The van der Waals surface area contributed by atoms with Crippen LogP contribution < -0.4 is 5.73 Å². The average Bonchev–Trinajstić information content (AvgIpc) is 2.24. The van der Waals surface area contributed by atoms with Gasteiger partial charge >= 0.3 is 0 Å². The third-order valence-electron chi connectivity index (χ3n) is 3.36. The van der Waals surface area contributed by atoms with Gasteiger partial charge < -0.3 is 10.6 Å². The largest absolute Gasteiger partial charge is 0.388 e. The smallest absolute Gasteiger partial charge is 0.0905 e. The lowest BCUT2D eigenvalue weighted by Crippen LogP contribution is -2.39. The molecule has 0 radical (unpaired) electrons. The van der Waals surface area contributed by atoms with Crippen LogP contribution in [0.1, 0.15) is 51.9 Å². The molecule has 0 aromatic rings. The van der Waals surface area contributed by atoms with Crippen molar-refractivity contribution in [3.63, 3.8) is 0 Å². The van der Waals surface area contributed by atoms with Crippen LogP contribution in [0.3, 0.4) is 0 Å². The van der Waals surface area contributed by atoms with Gasteiger partial charge in [-0.15, -0.1) is 0 Å². The van der Waals surface area contributed by atoms with E-state index >= 15 is 0 Å². The van der Waals surface area contributed by atoms with Gasteiger partial charge in [0.1, 0.15) is 0 Å². The normalized spacial score (nSPS) is 22.9. The lowest BCUT2D eigenvalue weighted by molar-refractivity contribution is 0.142. The predicted octanol–water partition coefficient (Wildman–Crippen LogP) is 2.36. The summed E-state index contributed by atoms with van der Waals surface area (Å²) < 4.78 is 0. The van der Waals surface area contributed by atoms with Crippen LogP contribution in [0.2, 0.25) is 0 Å². The third kappa shape index (κ3) is 4.65. The van der Waals surface area contributed by atoms with Gasteiger partial charge in [0.05, 0.1) is 5.84 Å². The maximum Gasteiger partial charge on any atom is 0.0905 e. The number of unbranched alkanes of at least 4 members (excludes halogenated alkanes) is 1. The van der Waals surface area contributed by atoms with Crippen molar-refractivity contribution in [3.05, 3.63) is 0 Å². The number of likely N-dealkylation sites (tertiary alicyclic amines) is 1. The number of rotatable bonds is 6. The van der Waals surface area contributed by atoms with Crippen molar-refractivity contribution in [1.82, 2.24) is 4.90 Å². The number of nitrogens with two attached hydrogens (primary N) is 1. The van der Waals surface area contributed by atoms with Crippen molar-refractivity contribution in [2.45, 2.75) is 57.9 Å². The first-order valence-electron chi connectivity index (χ1n) is 6.31. The van der Waals surface area contributed by atoms with E-state index in [9.17, 15) is 0 Å². The highest BCUT2D eigenvalue weighted by atomic mass is 15.2. The Morgan fingerprint density at radius 1 is 1.40 bits per heavy atom. The second kappa shape index (κ2) is 6.83. The molecule has 3 N–H and O–H groups in total. The zero-order chi connectivity index (χ0) is 11.1. The summed E-state index contributed by atoms with van der Waals surface area (Å²) in [5, 5.41) is 7.16. The van der Waals surface area contributed by atoms with Crippen LogP contribution in [0, 0.1) is 5.41 Å². The third-order valence-corrected chi connectivity index (χ3v) is 3.36. The zero-order valence-electron chi connectivity index (χ0n) is 9.97. The van der Waals surface area contributed by atoms with Crippen LogP contribution in [-0.4, -0.2) is 29.9 Å². The first kappa shape index (κ1) is 12.5. The quantitative estimate of drug-likeness (QED) is 0.402. The van der Waals surface area contributed by atoms with E-state index in [1.807, 2.05) is 0 Å². The van der Waals surface area contributed by atoms with Gasteiger partial charge in [0.2, 0.25) is 0 Å². The Hall–Kier alpha value is -0.570. The molecule has 88 valence electrons. The molecular weight excluding hydrogens is 186 g/mol. The van der Waals surface area contributed by atoms with E-state index in [0.717, 1.165) is 18.9 Å². The lowest BCUT2D eigenvalue weighted by atomic mass is 9.99. The molecule has 1 aliphatic rings. The maximum absolute atomic E-state index is 7.16. The molecule has 0 saturated carbocycles. The standard InChI is InChI=1S/C12H25N3/c1-2-11-7-3-5-9-15(11)10-6-4-8-12(13)14/h11H,2-10H2,1H3,(H3,13,14). The van der Waals surface area contributed by atoms with E-state index in [1.165, 1.54) is 45.2 Å². The highest BCUT2D eigenvalue weighted by Crippen LogP contribution is 2.19. The Morgan fingerprint density at radius 2 is 2.20 bits per heavy atom. The molecular formula is C12H25N3. The molecule has 1 rings (SSSR count). The minimum Gasteiger partial charge on any atom is -0.388 e. The molecule has 1 saturated heterocycles. The van der Waals surface area contributed by atoms with Gasteiger partial charge in [-0.05, 0) is 45.2 Å². The molecule has 0 bridgehead atoms. The summed E-state index contributed by atoms with van der Waals surface area (Å²) in [7, 11) is 0. The van der Waals surface area contributed by atoms with E-state index in [2.05, 4.69) is 11.8 Å². The minimum atomic E-state index is 0.334. The Morgan fingerprint density at radius 3 is 2.87 bits per heavy atom. The summed E-state index contributed by atoms with van der Waals surface area (Å²) in [5.41, 5.74) is 5.33. The highest BCUT2D eigenvalue weighted by Gasteiger charge is 2.19. The van der Waals surface area contributed by atoms with Crippen LogP contribution in [0.4, 0.5) is 0 Å². The van der Waals surface area contributed by atoms with Gasteiger partial charge in [0.15, 0.2) is 0 Å². The van der Waals surface area contributed by atoms with Crippen LogP contribution in [0.5, 0.6) is 0 Å². The molecule has 1 unspecified atom stereocenters. The molecule has 15 heavy (non-hydrogen) atoms. The molecule has 0 spiro atoms. The molecule has 3 nitrogen and oxygen atoms in total. The average molecular weight is 211 g/mol. The molecule has 0 aliphatic carbocycles. The molecule has 1 fully saturated rings. The minimum absolute atomic E-state index is 0.334. The second-order valence-electron chi connectivity index (χ2n) is 4.58. The van der Waals surface area contributed by atoms with E-state index in [-0.39, 0.29) is 0 Å². The maximum atomic E-state index is 7.16. The number of nitrogens with zero attached hydrogens (tertiary/aromatic N) is 1. The monoisotopic (exact) mass is 211 g/mol. The van der Waals surface area contributed by atoms with Crippen LogP contribution in [0.25, 0.3) is 0 Å². The van der Waals surface area contributed by atoms with E-state index < -0.39 is 0 Å². The van der Waals surface area contributed by atoms with Crippen molar-refractivity contribution in [2.24, 2.45) is 5.73 Å². The van der Waals surface area contributed by atoms with E-state index in [4.69, 9.17) is 11.1 Å². The summed E-state index contributed by atoms with van der Waals surface area (Å²) in [6, 6.07) is 0.816. The lowest BCUT2D eigenvalue weighted by Gasteiger charge is -2.35. The van der Waals surface area contributed by atoms with Crippen molar-refractivity contribution in [2.75, 3.05) is 13.1 Å². The van der Waals surface area contributed by atoms with Gasteiger partial charge in [-0.25, -0.2) is 0 Å². The molecule has 0 amide bonds. The zero-order valence-corrected chi connectivity index (χ0v) is 9.97. The van der Waals surface area contributed by atoms with Crippen molar-refractivity contribution >= 4 is 5.84 Å². The molecule has 0 aromatic carbocycles. The number of amidine groups is 1. The molecule has 1 heterocycles. The molecule has 1 aliphatic heterocycles. The fourth-order valence-electron chi connectivity index (χ4n) is 2.45. The predicted molar refractivity (Wildman–Crippen MR) is 65.3 cm³/mol. The molecule has 1 atom stereocenters. The van der Waals surface area contributed by atoms with E-state index in [0.29, 0.717) is 5.84 Å². The summed E-state index contributed by atoms with van der Waals surface area (Å²) in [4.78, 5) is 2.63. The topological polar surface area (TPSA) is 53.1 Å². The SMILES string of the molecule is CCC1CCCCN1CCCCC(=N)N.